The van der Waals surface area contributed by atoms with Crippen molar-refractivity contribution in [3.8, 4) is 11.5 Å². The molecule has 0 radical (unpaired) electrons. The van der Waals surface area contributed by atoms with E-state index in [0.717, 1.165) is 42.5 Å². The fourth-order valence-electron chi connectivity index (χ4n) is 11.1. The van der Waals surface area contributed by atoms with E-state index in [1.165, 1.54) is 0 Å². The van der Waals surface area contributed by atoms with Crippen molar-refractivity contribution in [2.75, 3.05) is 56.2 Å². The number of anilines is 2. The van der Waals surface area contributed by atoms with Gasteiger partial charge in [-0.1, -0.05) is 54.6 Å². The molecule has 1 aliphatic carbocycles. The Morgan fingerprint density at radius 3 is 2.42 bits per heavy atom. The molecule has 5 heterocycles. The Morgan fingerprint density at radius 1 is 0.881 bits per heavy atom. The predicted octanol–water partition coefficient (Wildman–Crippen LogP) is 7.34. The Labute approximate surface area is 341 Å². The van der Waals surface area contributed by atoms with Crippen molar-refractivity contribution in [3.63, 3.8) is 0 Å². The molecule has 9 nitrogen and oxygen atoms in total. The number of nitrogens with one attached hydrogen (secondary N) is 2. The molecule has 12 heteroatoms. The van der Waals surface area contributed by atoms with Crippen LogP contribution in [0, 0.1) is 17.7 Å². The minimum atomic E-state index is -2.79. The zero-order chi connectivity index (χ0) is 40.5. The van der Waals surface area contributed by atoms with Crippen LogP contribution in [0.15, 0.2) is 91.0 Å². The Hall–Kier alpha value is -5.07. The van der Waals surface area contributed by atoms with Gasteiger partial charge in [0.2, 0.25) is 11.8 Å². The lowest BCUT2D eigenvalue weighted by atomic mass is 9.76. The van der Waals surface area contributed by atoms with Crippen LogP contribution in [0.4, 0.5) is 24.5 Å². The molecule has 4 saturated heterocycles. The lowest BCUT2D eigenvalue weighted by Gasteiger charge is -2.40. The molecule has 4 aromatic carbocycles. The summed E-state index contributed by atoms with van der Waals surface area (Å²) in [6.07, 6.45) is 3.45. The van der Waals surface area contributed by atoms with E-state index in [9.17, 15) is 14.7 Å². The normalized spacial score (nSPS) is 29.6. The fraction of sp³-hybridized carbons (Fsp3) is 0.447. The smallest absolute Gasteiger partial charge is 0.263 e. The third-order valence-corrected chi connectivity index (χ3v) is 14.3. The molecule has 2 amide bonds. The van der Waals surface area contributed by atoms with E-state index < -0.39 is 23.3 Å². The van der Waals surface area contributed by atoms with Crippen LogP contribution in [0.2, 0.25) is 0 Å². The number of nitrogens with zero attached hydrogens (tertiary/aromatic N) is 2. The van der Waals surface area contributed by atoms with E-state index >= 15 is 13.2 Å². The SMILES string of the molecule is O=C1CCC(Nc2ccc(C34CCN(C[C@@H]5COC6(CCN(c7ccc([C@H]8c9ccc(O)cc9OC[C@H]8c8ccccc8)cc7F)CC6)C5)CC3C4(F)F)cc2)C(=O)N1. The number of carbonyl (C=O) groups is 2. The number of benzene rings is 4. The standard InChI is InChI=1S/C47H49F3N4O5/c48-37-22-31(43-35-12-11-34(55)23-40(35)58-28-36(43)30-4-2-1-3-5-30)6-14-39(37)54-20-16-45(17-21-54)24-29(27-59-45)25-53-19-18-46(41(26-53)47(46,49)50)32-7-9-33(10-8-32)51-38-13-15-42(56)52-44(38)57/h1-12,14,22-23,29,36,38,41,43,51,55H,13,15-21,24-28H2,(H,52,56,57)/t29-,36+,38?,41?,43+,46?/m1/s1. The molecule has 59 heavy (non-hydrogen) atoms. The maximum Gasteiger partial charge on any atom is 0.263 e. The van der Waals surface area contributed by atoms with Gasteiger partial charge in [-0.05, 0) is 91.6 Å². The number of rotatable bonds is 8. The van der Waals surface area contributed by atoms with Crippen LogP contribution >= 0.6 is 0 Å². The van der Waals surface area contributed by atoms with Gasteiger partial charge in [-0.25, -0.2) is 13.2 Å². The van der Waals surface area contributed by atoms with Gasteiger partial charge in [0.1, 0.15) is 23.4 Å². The summed E-state index contributed by atoms with van der Waals surface area (Å²) in [5.41, 5.74) is 3.31. The Kier molecular flexibility index (Phi) is 9.43. The summed E-state index contributed by atoms with van der Waals surface area (Å²) >= 11 is 0. The highest BCUT2D eigenvalue weighted by Gasteiger charge is 2.81. The molecular formula is C47H49F3N4O5. The van der Waals surface area contributed by atoms with Gasteiger partial charge in [0.15, 0.2) is 0 Å². The molecule has 5 aliphatic heterocycles. The monoisotopic (exact) mass is 806 g/mol. The maximum absolute atomic E-state index is 16.2. The van der Waals surface area contributed by atoms with E-state index in [4.69, 9.17) is 9.47 Å². The van der Waals surface area contributed by atoms with Crippen LogP contribution < -0.4 is 20.3 Å². The third kappa shape index (κ3) is 6.72. The number of amides is 2. The minimum absolute atomic E-state index is 0.0239. The van der Waals surface area contributed by atoms with Gasteiger partial charge >= 0.3 is 0 Å². The number of likely N-dealkylation sites (tertiary alicyclic amines) is 1. The van der Waals surface area contributed by atoms with Crippen LogP contribution in [0.25, 0.3) is 0 Å². The molecule has 6 aliphatic rings. The first kappa shape index (κ1) is 38.2. The van der Waals surface area contributed by atoms with Crippen molar-refractivity contribution in [2.24, 2.45) is 11.8 Å². The summed E-state index contributed by atoms with van der Waals surface area (Å²) in [6.45, 7) is 3.98. The summed E-state index contributed by atoms with van der Waals surface area (Å²) in [6, 6.07) is 27.4. The van der Waals surface area contributed by atoms with Crippen molar-refractivity contribution >= 4 is 23.2 Å². The Balaban J connectivity index is 0.752. The first-order valence-corrected chi connectivity index (χ1v) is 21.0. The molecule has 5 fully saturated rings. The molecule has 1 saturated carbocycles. The number of hydrogen-bond acceptors (Lipinski definition) is 8. The van der Waals surface area contributed by atoms with Gasteiger partial charge in [-0.3, -0.25) is 14.9 Å². The van der Waals surface area contributed by atoms with E-state index in [-0.39, 0.29) is 53.2 Å². The van der Waals surface area contributed by atoms with E-state index in [2.05, 4.69) is 32.6 Å². The molecule has 4 aromatic rings. The number of alkyl halides is 2. The van der Waals surface area contributed by atoms with Gasteiger partial charge < -0.3 is 29.7 Å². The highest BCUT2D eigenvalue weighted by Crippen LogP contribution is 2.70. The molecule has 1 spiro atoms. The number of aromatic hydroxyl groups is 1. The molecule has 3 N–H and O–H groups in total. The van der Waals surface area contributed by atoms with E-state index in [1.807, 2.05) is 36.4 Å². The Morgan fingerprint density at radius 2 is 1.68 bits per heavy atom. The van der Waals surface area contributed by atoms with Gasteiger partial charge in [0.25, 0.3) is 5.92 Å². The lowest BCUT2D eigenvalue weighted by molar-refractivity contribution is -0.133. The number of carbonyl (C=O) groups excluding carboxylic acids is 2. The van der Waals surface area contributed by atoms with E-state index in [1.54, 1.807) is 42.5 Å². The van der Waals surface area contributed by atoms with Gasteiger partial charge in [-0.15, -0.1) is 0 Å². The second-order valence-corrected chi connectivity index (χ2v) is 17.7. The summed E-state index contributed by atoms with van der Waals surface area (Å²) in [7, 11) is 0. The van der Waals surface area contributed by atoms with Crippen LogP contribution in [0.5, 0.6) is 11.5 Å². The minimum Gasteiger partial charge on any atom is -0.508 e. The number of halogens is 3. The van der Waals surface area contributed by atoms with Crippen molar-refractivity contribution in [1.82, 2.24) is 10.2 Å². The second-order valence-electron chi connectivity index (χ2n) is 17.7. The molecule has 3 unspecified atom stereocenters. The zero-order valence-electron chi connectivity index (χ0n) is 32.8. The second kappa shape index (κ2) is 14.6. The molecule has 0 bridgehead atoms. The number of fused-ring (bicyclic) bond motifs is 2. The number of hydrogen-bond donors (Lipinski definition) is 3. The van der Waals surface area contributed by atoms with Crippen molar-refractivity contribution < 1.29 is 37.3 Å². The number of imide groups is 1. The number of phenolic OH excluding ortho intramolecular Hbond substituents is 1. The summed E-state index contributed by atoms with van der Waals surface area (Å²) < 4.78 is 60.1. The van der Waals surface area contributed by atoms with Gasteiger partial charge in [-0.2, -0.15) is 0 Å². The van der Waals surface area contributed by atoms with Crippen molar-refractivity contribution in [1.29, 1.82) is 0 Å². The van der Waals surface area contributed by atoms with Gasteiger partial charge in [0.05, 0.1) is 35.8 Å². The summed E-state index contributed by atoms with van der Waals surface area (Å²) in [5.74, 6) is -3.64. The predicted molar refractivity (Wildman–Crippen MR) is 217 cm³/mol. The highest BCUT2D eigenvalue weighted by atomic mass is 19.3. The maximum atomic E-state index is 16.2. The van der Waals surface area contributed by atoms with Crippen molar-refractivity contribution in [2.45, 2.75) is 73.3 Å². The van der Waals surface area contributed by atoms with E-state index in [0.29, 0.717) is 74.9 Å². The first-order valence-electron chi connectivity index (χ1n) is 21.0. The van der Waals surface area contributed by atoms with Crippen molar-refractivity contribution in [3.05, 3.63) is 119 Å². The van der Waals surface area contributed by atoms with Crippen LogP contribution in [0.1, 0.15) is 72.6 Å². The molecule has 0 aromatic heterocycles. The quantitative estimate of drug-likeness (QED) is 0.159. The van der Waals surface area contributed by atoms with Crippen LogP contribution in [-0.4, -0.2) is 85.3 Å². The first-order chi connectivity index (χ1) is 28.5. The number of ether oxygens (including phenoxy) is 2. The van der Waals surface area contributed by atoms with Gasteiger partial charge in [0, 0.05) is 61.8 Å². The summed E-state index contributed by atoms with van der Waals surface area (Å²) in [5, 5.41) is 15.6. The Bertz CT molecular complexity index is 2250. The third-order valence-electron chi connectivity index (χ3n) is 14.3. The average molecular weight is 807 g/mol. The fourth-order valence-corrected chi connectivity index (χ4v) is 11.1. The molecular weight excluding hydrogens is 758 g/mol. The topological polar surface area (TPSA) is 103 Å². The van der Waals surface area contributed by atoms with Crippen LogP contribution in [0.3, 0.4) is 0 Å². The lowest BCUT2D eigenvalue weighted by Crippen LogP contribution is -2.47. The number of piperidine rings is 3. The highest BCUT2D eigenvalue weighted by molar-refractivity contribution is 6.01. The molecule has 10 rings (SSSR count). The summed E-state index contributed by atoms with van der Waals surface area (Å²) in [4.78, 5) is 28.0. The molecule has 6 atom stereocenters. The van der Waals surface area contributed by atoms with Crippen LogP contribution in [-0.2, 0) is 19.7 Å². The largest absolute Gasteiger partial charge is 0.508 e. The zero-order valence-corrected chi connectivity index (χ0v) is 32.8. The molecule has 308 valence electrons. The number of phenols is 1. The average Bonchev–Trinajstić information content (AvgIpc) is 3.49.